The molecular weight excluding hydrogens is 320 g/mol. The lowest BCUT2D eigenvalue weighted by atomic mass is 10.2. The van der Waals surface area contributed by atoms with Crippen LogP contribution in [0.15, 0.2) is 60.8 Å². The maximum atomic E-state index is 11.5. The number of nitrogens with zero attached hydrogens (tertiary/aromatic N) is 4. The Morgan fingerprint density at radius 1 is 1.08 bits per heavy atom. The summed E-state index contributed by atoms with van der Waals surface area (Å²) in [6, 6.07) is 15.7. The normalized spacial score (nSPS) is 10.3. The fourth-order valence-electron chi connectivity index (χ4n) is 2.32. The first-order valence-electron chi connectivity index (χ1n) is 7.56. The first-order valence-corrected chi connectivity index (χ1v) is 7.56. The van der Waals surface area contributed by atoms with Gasteiger partial charge >= 0.3 is 5.97 Å². The van der Waals surface area contributed by atoms with Gasteiger partial charge in [-0.1, -0.05) is 18.2 Å². The minimum Gasteiger partial charge on any atom is -0.506 e. The molecule has 0 saturated carbocycles. The van der Waals surface area contributed by atoms with E-state index in [9.17, 15) is 9.90 Å². The number of aromatic hydroxyl groups is 1. The van der Waals surface area contributed by atoms with Gasteiger partial charge in [-0.2, -0.15) is 0 Å². The Morgan fingerprint density at radius 2 is 1.88 bits per heavy atom. The third-order valence-corrected chi connectivity index (χ3v) is 3.54. The van der Waals surface area contributed by atoms with Crippen molar-refractivity contribution in [1.82, 2.24) is 15.2 Å². The Hall–Kier alpha value is -3.48. The number of hydrogen-bond acceptors (Lipinski definition) is 7. The Kier molecular flexibility index (Phi) is 4.84. The van der Waals surface area contributed by atoms with Crippen LogP contribution in [0.3, 0.4) is 0 Å². The van der Waals surface area contributed by atoms with Crippen molar-refractivity contribution in [2.75, 3.05) is 12.0 Å². The molecule has 0 bridgehead atoms. The maximum absolute atomic E-state index is 11.5. The smallest absolute Gasteiger partial charge is 0.358 e. The molecule has 0 aliphatic heterocycles. The molecule has 126 valence electrons. The van der Waals surface area contributed by atoms with E-state index in [0.717, 1.165) is 5.69 Å². The minimum absolute atomic E-state index is 0.109. The van der Waals surface area contributed by atoms with Crippen LogP contribution >= 0.6 is 0 Å². The van der Waals surface area contributed by atoms with Crippen LogP contribution in [-0.2, 0) is 11.3 Å². The van der Waals surface area contributed by atoms with E-state index in [0.29, 0.717) is 18.1 Å². The number of phenols is 1. The average Bonchev–Trinajstić information content (AvgIpc) is 2.67. The lowest BCUT2D eigenvalue weighted by molar-refractivity contribution is 0.0592. The summed E-state index contributed by atoms with van der Waals surface area (Å²) in [7, 11) is 1.29. The van der Waals surface area contributed by atoms with E-state index in [-0.39, 0.29) is 11.4 Å². The van der Waals surface area contributed by atoms with E-state index in [2.05, 4.69) is 19.9 Å². The molecule has 0 atom stereocenters. The number of benzene rings is 1. The SMILES string of the molecule is COC(=O)c1ccc(N(Cc2ccccn2)c2ccccc2O)nn1. The van der Waals surface area contributed by atoms with E-state index < -0.39 is 5.97 Å². The van der Waals surface area contributed by atoms with Crippen LogP contribution in [0, 0.1) is 0 Å². The van der Waals surface area contributed by atoms with Crippen molar-refractivity contribution in [2.24, 2.45) is 0 Å². The maximum Gasteiger partial charge on any atom is 0.358 e. The second-order valence-corrected chi connectivity index (χ2v) is 5.16. The van der Waals surface area contributed by atoms with Gasteiger partial charge in [-0.15, -0.1) is 10.2 Å². The third-order valence-electron chi connectivity index (χ3n) is 3.54. The monoisotopic (exact) mass is 336 g/mol. The van der Waals surface area contributed by atoms with Crippen LogP contribution in [0.4, 0.5) is 11.5 Å². The number of ether oxygens (including phenoxy) is 1. The lowest BCUT2D eigenvalue weighted by Crippen LogP contribution is -2.19. The van der Waals surface area contributed by atoms with Crippen LogP contribution < -0.4 is 4.90 Å². The van der Waals surface area contributed by atoms with E-state index >= 15 is 0 Å². The summed E-state index contributed by atoms with van der Waals surface area (Å²) in [4.78, 5) is 17.6. The van der Waals surface area contributed by atoms with Crippen LogP contribution in [0.1, 0.15) is 16.2 Å². The van der Waals surface area contributed by atoms with Gasteiger partial charge in [0.1, 0.15) is 5.75 Å². The fraction of sp³-hybridized carbons (Fsp3) is 0.111. The molecule has 2 heterocycles. The summed E-state index contributed by atoms with van der Waals surface area (Å²) in [6.45, 7) is 0.380. The van der Waals surface area contributed by atoms with Crippen LogP contribution in [0.5, 0.6) is 5.75 Å². The van der Waals surface area contributed by atoms with Crippen LogP contribution in [-0.4, -0.2) is 33.4 Å². The molecular formula is C18H16N4O3. The number of aromatic nitrogens is 3. The van der Waals surface area contributed by atoms with Crippen LogP contribution in [0.2, 0.25) is 0 Å². The van der Waals surface area contributed by atoms with Crippen molar-refractivity contribution < 1.29 is 14.6 Å². The van der Waals surface area contributed by atoms with E-state index in [1.165, 1.54) is 13.2 Å². The zero-order chi connectivity index (χ0) is 17.6. The highest BCUT2D eigenvalue weighted by Crippen LogP contribution is 2.32. The summed E-state index contributed by atoms with van der Waals surface area (Å²) in [5, 5.41) is 18.2. The zero-order valence-electron chi connectivity index (χ0n) is 13.5. The molecule has 3 aromatic rings. The first kappa shape index (κ1) is 16.4. The summed E-state index contributed by atoms with van der Waals surface area (Å²) in [6.07, 6.45) is 1.70. The molecule has 25 heavy (non-hydrogen) atoms. The number of pyridine rings is 1. The van der Waals surface area contributed by atoms with Crippen molar-refractivity contribution in [1.29, 1.82) is 0 Å². The first-order chi connectivity index (χ1) is 12.2. The highest BCUT2D eigenvalue weighted by molar-refractivity contribution is 5.87. The second-order valence-electron chi connectivity index (χ2n) is 5.16. The number of carbonyl (C=O) groups excluding carboxylic acids is 1. The summed E-state index contributed by atoms with van der Waals surface area (Å²) >= 11 is 0. The molecule has 0 spiro atoms. The third kappa shape index (κ3) is 3.72. The number of esters is 1. The van der Waals surface area contributed by atoms with Gasteiger partial charge < -0.3 is 14.7 Å². The fourth-order valence-corrected chi connectivity index (χ4v) is 2.32. The van der Waals surface area contributed by atoms with E-state index in [4.69, 9.17) is 0 Å². The molecule has 0 saturated heterocycles. The number of anilines is 2. The Balaban J connectivity index is 1.99. The zero-order valence-corrected chi connectivity index (χ0v) is 13.5. The van der Waals surface area contributed by atoms with Gasteiger partial charge in [-0.3, -0.25) is 4.98 Å². The van der Waals surface area contributed by atoms with Crippen molar-refractivity contribution >= 4 is 17.5 Å². The Labute approximate surface area is 144 Å². The van der Waals surface area contributed by atoms with Gasteiger partial charge in [0, 0.05) is 6.20 Å². The molecule has 0 aliphatic carbocycles. The predicted octanol–water partition coefficient (Wildman–Crippen LogP) is 2.70. The standard InChI is InChI=1S/C18H16N4O3/c1-25-18(24)14-9-10-17(21-20-14)22(12-13-6-4-5-11-19-13)15-7-2-3-8-16(15)23/h2-11,23H,12H2,1H3. The molecule has 7 nitrogen and oxygen atoms in total. The molecule has 0 radical (unpaired) electrons. The van der Waals surface area contributed by atoms with Crippen molar-refractivity contribution in [3.63, 3.8) is 0 Å². The predicted molar refractivity (Wildman–Crippen MR) is 91.6 cm³/mol. The van der Waals surface area contributed by atoms with Gasteiger partial charge in [0.25, 0.3) is 0 Å². The van der Waals surface area contributed by atoms with Gasteiger partial charge in [-0.05, 0) is 36.4 Å². The lowest BCUT2D eigenvalue weighted by Gasteiger charge is -2.23. The summed E-state index contributed by atoms with van der Waals surface area (Å²) < 4.78 is 4.63. The molecule has 0 aliphatic rings. The largest absolute Gasteiger partial charge is 0.506 e. The van der Waals surface area contributed by atoms with E-state index in [1.807, 2.05) is 24.3 Å². The van der Waals surface area contributed by atoms with Crippen LogP contribution in [0.25, 0.3) is 0 Å². The number of rotatable bonds is 5. The molecule has 0 unspecified atom stereocenters. The minimum atomic E-state index is -0.558. The Bertz CT molecular complexity index is 854. The summed E-state index contributed by atoms with van der Waals surface area (Å²) in [5.41, 5.74) is 1.47. The van der Waals surface area contributed by atoms with Crippen molar-refractivity contribution in [3.05, 3.63) is 72.2 Å². The summed E-state index contributed by atoms with van der Waals surface area (Å²) in [5.74, 6) is 0.0231. The van der Waals surface area contributed by atoms with Gasteiger partial charge in [0.2, 0.25) is 0 Å². The van der Waals surface area contributed by atoms with Crippen molar-refractivity contribution in [3.8, 4) is 5.75 Å². The molecule has 0 amide bonds. The molecule has 1 aromatic carbocycles. The number of hydrogen-bond donors (Lipinski definition) is 1. The highest BCUT2D eigenvalue weighted by Gasteiger charge is 2.17. The topological polar surface area (TPSA) is 88.4 Å². The second kappa shape index (κ2) is 7.39. The molecule has 1 N–H and O–H groups in total. The van der Waals surface area contributed by atoms with Gasteiger partial charge in [-0.25, -0.2) is 4.79 Å². The van der Waals surface area contributed by atoms with Gasteiger partial charge in [0.05, 0.1) is 25.0 Å². The molecule has 2 aromatic heterocycles. The Morgan fingerprint density at radius 3 is 2.52 bits per heavy atom. The van der Waals surface area contributed by atoms with E-state index in [1.54, 1.807) is 35.4 Å². The number of para-hydroxylation sites is 2. The molecule has 7 heteroatoms. The highest BCUT2D eigenvalue weighted by atomic mass is 16.5. The molecule has 0 fully saturated rings. The average molecular weight is 336 g/mol. The molecule has 3 rings (SSSR count). The van der Waals surface area contributed by atoms with Crippen molar-refractivity contribution in [2.45, 2.75) is 6.54 Å². The number of carbonyl (C=O) groups is 1. The number of phenolic OH excluding ortho intramolecular Hbond substituents is 1. The number of methoxy groups -OCH3 is 1. The van der Waals surface area contributed by atoms with Gasteiger partial charge in [0.15, 0.2) is 11.5 Å². The quantitative estimate of drug-likeness (QED) is 0.717.